The number of allylic oxidation sites excluding steroid dienone is 4. The van der Waals surface area contributed by atoms with Crippen molar-refractivity contribution in [1.29, 1.82) is 0 Å². The molecule has 0 aromatic rings. The fourth-order valence-corrected chi connectivity index (χ4v) is 4.82. The SMILES string of the molecule is O=C(CCCCCC(=O)N1CCCC2CCCCC21)CC1=CC=CC1. The molecule has 3 nitrogen and oxygen atoms in total. The molecule has 2 unspecified atom stereocenters. The first-order chi connectivity index (χ1) is 12.2. The molecule has 2 atom stereocenters. The molecule has 1 saturated carbocycles. The average molecular weight is 344 g/mol. The van der Waals surface area contributed by atoms with Gasteiger partial charge in [-0.1, -0.05) is 43.1 Å². The summed E-state index contributed by atoms with van der Waals surface area (Å²) < 4.78 is 0. The van der Waals surface area contributed by atoms with Gasteiger partial charge in [-0.05, 0) is 50.9 Å². The number of Topliss-reactive ketones (excluding diaryl/α,β-unsaturated/α-hetero) is 1. The Morgan fingerprint density at radius 2 is 1.80 bits per heavy atom. The van der Waals surface area contributed by atoms with Gasteiger partial charge in [0.05, 0.1) is 0 Å². The summed E-state index contributed by atoms with van der Waals surface area (Å²) >= 11 is 0. The lowest BCUT2D eigenvalue weighted by atomic mass is 9.78. The van der Waals surface area contributed by atoms with E-state index < -0.39 is 0 Å². The Balaban J connectivity index is 1.30. The van der Waals surface area contributed by atoms with Gasteiger partial charge in [0.2, 0.25) is 5.91 Å². The van der Waals surface area contributed by atoms with Crippen LogP contribution in [-0.2, 0) is 9.59 Å². The predicted octanol–water partition coefficient (Wildman–Crippen LogP) is 4.96. The van der Waals surface area contributed by atoms with Gasteiger partial charge in [0.15, 0.2) is 0 Å². The zero-order valence-corrected chi connectivity index (χ0v) is 15.5. The minimum absolute atomic E-state index is 0.349. The van der Waals surface area contributed by atoms with E-state index in [1.54, 1.807) is 0 Å². The number of amides is 1. The quantitative estimate of drug-likeness (QED) is 0.584. The molecule has 0 N–H and O–H groups in total. The van der Waals surface area contributed by atoms with E-state index in [-0.39, 0.29) is 0 Å². The third kappa shape index (κ3) is 5.29. The summed E-state index contributed by atoms with van der Waals surface area (Å²) in [6.45, 7) is 0.974. The van der Waals surface area contributed by atoms with Gasteiger partial charge in [0.1, 0.15) is 5.78 Å². The standard InChI is InChI=1S/C22H33NO2/c24-20(17-18-9-4-5-10-18)13-2-1-3-15-22(25)23-16-8-12-19-11-6-7-14-21(19)23/h4-5,9,19,21H,1-3,6-8,10-17H2. The number of fused-ring (bicyclic) bond motifs is 1. The zero-order chi connectivity index (χ0) is 17.5. The number of ketones is 1. The lowest BCUT2D eigenvalue weighted by Crippen LogP contribution is -2.49. The molecular weight excluding hydrogens is 310 g/mol. The Bertz CT molecular complexity index is 532. The number of likely N-dealkylation sites (tertiary alicyclic amines) is 1. The van der Waals surface area contributed by atoms with E-state index in [1.807, 2.05) is 6.08 Å². The molecule has 0 spiro atoms. The van der Waals surface area contributed by atoms with Gasteiger partial charge >= 0.3 is 0 Å². The molecular formula is C22H33NO2. The van der Waals surface area contributed by atoms with Crippen molar-refractivity contribution in [2.45, 2.75) is 89.5 Å². The van der Waals surface area contributed by atoms with Crippen molar-refractivity contribution in [2.75, 3.05) is 6.54 Å². The van der Waals surface area contributed by atoms with Gasteiger partial charge in [0, 0.05) is 31.8 Å². The van der Waals surface area contributed by atoms with Gasteiger partial charge in [-0.3, -0.25) is 9.59 Å². The first kappa shape index (κ1) is 18.4. The van der Waals surface area contributed by atoms with Crippen molar-refractivity contribution >= 4 is 11.7 Å². The molecule has 3 heteroatoms. The summed E-state index contributed by atoms with van der Waals surface area (Å²) in [5.41, 5.74) is 1.24. The highest BCUT2D eigenvalue weighted by Crippen LogP contribution is 2.35. The Morgan fingerprint density at radius 1 is 1.00 bits per heavy atom. The van der Waals surface area contributed by atoms with Crippen molar-refractivity contribution < 1.29 is 9.59 Å². The molecule has 138 valence electrons. The molecule has 3 aliphatic rings. The van der Waals surface area contributed by atoms with Gasteiger partial charge in [-0.15, -0.1) is 0 Å². The van der Waals surface area contributed by atoms with Crippen LogP contribution in [0.2, 0.25) is 0 Å². The molecule has 1 saturated heterocycles. The van der Waals surface area contributed by atoms with Crippen LogP contribution in [0.1, 0.15) is 83.5 Å². The highest BCUT2D eigenvalue weighted by Gasteiger charge is 2.35. The number of carbonyl (C=O) groups is 2. The third-order valence-electron chi connectivity index (χ3n) is 6.18. The van der Waals surface area contributed by atoms with Crippen LogP contribution in [0, 0.1) is 5.92 Å². The fraction of sp³-hybridized carbons (Fsp3) is 0.727. The van der Waals surface area contributed by atoms with Crippen molar-refractivity contribution in [3.05, 3.63) is 23.8 Å². The molecule has 0 bridgehead atoms. The molecule has 0 radical (unpaired) electrons. The first-order valence-electron chi connectivity index (χ1n) is 10.4. The summed E-state index contributed by atoms with van der Waals surface area (Å²) in [6.07, 6.45) is 19.6. The van der Waals surface area contributed by atoms with E-state index >= 15 is 0 Å². The lowest BCUT2D eigenvalue weighted by molar-refractivity contribution is -0.137. The number of unbranched alkanes of at least 4 members (excludes halogenated alkanes) is 2. The monoisotopic (exact) mass is 343 g/mol. The molecule has 1 aliphatic heterocycles. The largest absolute Gasteiger partial charge is 0.339 e. The van der Waals surface area contributed by atoms with Crippen LogP contribution in [-0.4, -0.2) is 29.2 Å². The van der Waals surface area contributed by atoms with Crippen LogP contribution in [0.4, 0.5) is 0 Å². The van der Waals surface area contributed by atoms with Crippen LogP contribution >= 0.6 is 0 Å². The van der Waals surface area contributed by atoms with Crippen molar-refractivity contribution in [3.8, 4) is 0 Å². The summed E-state index contributed by atoms with van der Waals surface area (Å²) in [7, 11) is 0. The van der Waals surface area contributed by atoms with E-state index in [0.717, 1.165) is 38.1 Å². The van der Waals surface area contributed by atoms with Crippen molar-refractivity contribution in [3.63, 3.8) is 0 Å². The summed E-state index contributed by atoms with van der Waals surface area (Å²) in [4.78, 5) is 26.8. The van der Waals surface area contributed by atoms with Gasteiger partial charge in [0.25, 0.3) is 0 Å². The number of rotatable bonds is 8. The fourth-order valence-electron chi connectivity index (χ4n) is 4.82. The predicted molar refractivity (Wildman–Crippen MR) is 101 cm³/mol. The zero-order valence-electron chi connectivity index (χ0n) is 15.5. The van der Waals surface area contributed by atoms with E-state index in [4.69, 9.17) is 0 Å². The second-order valence-corrected chi connectivity index (χ2v) is 8.07. The second-order valence-electron chi connectivity index (χ2n) is 8.07. The second kappa shape index (κ2) is 9.35. The smallest absolute Gasteiger partial charge is 0.222 e. The topological polar surface area (TPSA) is 37.4 Å². The third-order valence-corrected chi connectivity index (χ3v) is 6.18. The Morgan fingerprint density at radius 3 is 2.64 bits per heavy atom. The van der Waals surface area contributed by atoms with Crippen molar-refractivity contribution in [1.82, 2.24) is 4.90 Å². The molecule has 0 aromatic heterocycles. The molecule has 0 aromatic carbocycles. The summed E-state index contributed by atoms with van der Waals surface area (Å²) in [5, 5.41) is 0. The van der Waals surface area contributed by atoms with Crippen LogP contribution in [0.3, 0.4) is 0 Å². The van der Waals surface area contributed by atoms with E-state index in [2.05, 4.69) is 17.1 Å². The molecule has 2 aliphatic carbocycles. The molecule has 3 rings (SSSR count). The normalized spacial score (nSPS) is 25.6. The minimum atomic E-state index is 0.349. The van der Waals surface area contributed by atoms with Crippen LogP contribution in [0.5, 0.6) is 0 Å². The Kier molecular flexibility index (Phi) is 6.89. The van der Waals surface area contributed by atoms with E-state index in [0.29, 0.717) is 37.0 Å². The number of nitrogens with zero attached hydrogens (tertiary/aromatic N) is 1. The Labute approximate surface area is 152 Å². The first-order valence-corrected chi connectivity index (χ1v) is 10.4. The molecule has 2 fully saturated rings. The van der Waals surface area contributed by atoms with Gasteiger partial charge < -0.3 is 4.90 Å². The minimum Gasteiger partial charge on any atom is -0.339 e. The van der Waals surface area contributed by atoms with Gasteiger partial charge in [-0.2, -0.15) is 0 Å². The highest BCUT2D eigenvalue weighted by atomic mass is 16.2. The average Bonchev–Trinajstić information content (AvgIpc) is 3.13. The van der Waals surface area contributed by atoms with E-state index in [1.165, 1.54) is 44.1 Å². The molecule has 1 heterocycles. The number of hydrogen-bond acceptors (Lipinski definition) is 2. The number of hydrogen-bond donors (Lipinski definition) is 0. The van der Waals surface area contributed by atoms with E-state index in [9.17, 15) is 9.59 Å². The molecule has 1 amide bonds. The summed E-state index contributed by atoms with van der Waals surface area (Å²) in [6, 6.07) is 0.532. The van der Waals surface area contributed by atoms with Gasteiger partial charge in [-0.25, -0.2) is 0 Å². The highest BCUT2D eigenvalue weighted by molar-refractivity contribution is 5.81. The van der Waals surface area contributed by atoms with Crippen LogP contribution in [0.25, 0.3) is 0 Å². The van der Waals surface area contributed by atoms with Crippen LogP contribution < -0.4 is 0 Å². The van der Waals surface area contributed by atoms with Crippen LogP contribution in [0.15, 0.2) is 23.8 Å². The maximum atomic E-state index is 12.6. The molecule has 25 heavy (non-hydrogen) atoms. The lowest BCUT2D eigenvalue weighted by Gasteiger charge is -2.44. The maximum Gasteiger partial charge on any atom is 0.222 e. The number of carbonyl (C=O) groups excluding carboxylic acids is 2. The number of piperidine rings is 1. The Hall–Kier alpha value is -1.38. The summed E-state index contributed by atoms with van der Waals surface area (Å²) in [5.74, 6) is 1.48. The van der Waals surface area contributed by atoms with Crippen molar-refractivity contribution in [2.24, 2.45) is 5.92 Å². The maximum absolute atomic E-state index is 12.6.